The molecule has 0 atom stereocenters. The Balaban J connectivity index is 1.72. The summed E-state index contributed by atoms with van der Waals surface area (Å²) in [5.41, 5.74) is 3.41. The van der Waals surface area contributed by atoms with Crippen LogP contribution in [0, 0.1) is 0 Å². The second-order valence-electron chi connectivity index (χ2n) is 5.25. The molecular weight excluding hydrogens is 286 g/mol. The van der Waals surface area contributed by atoms with E-state index in [2.05, 4.69) is 29.2 Å². The van der Waals surface area contributed by atoms with Gasteiger partial charge in [-0.05, 0) is 28.8 Å². The maximum absolute atomic E-state index is 9.47. The number of benzene rings is 2. The molecule has 3 nitrogen and oxygen atoms in total. The first kappa shape index (κ1) is 14.4. The number of nitrogens with zero attached hydrogens (tertiary/aromatic N) is 1. The summed E-state index contributed by atoms with van der Waals surface area (Å²) < 4.78 is 5.36. The van der Waals surface area contributed by atoms with E-state index in [0.29, 0.717) is 5.02 Å². The molecule has 0 radical (unpaired) electrons. The zero-order chi connectivity index (χ0) is 14.7. The van der Waals surface area contributed by atoms with E-state index in [-0.39, 0.29) is 5.75 Å². The highest BCUT2D eigenvalue weighted by molar-refractivity contribution is 6.32. The molecule has 0 aromatic heterocycles. The average molecular weight is 304 g/mol. The lowest BCUT2D eigenvalue weighted by Crippen LogP contribution is -2.35. The van der Waals surface area contributed by atoms with Crippen molar-refractivity contribution in [3.8, 4) is 16.9 Å². The van der Waals surface area contributed by atoms with Crippen molar-refractivity contribution in [1.82, 2.24) is 4.90 Å². The van der Waals surface area contributed by atoms with Gasteiger partial charge in [-0.3, -0.25) is 4.90 Å². The van der Waals surface area contributed by atoms with E-state index >= 15 is 0 Å². The van der Waals surface area contributed by atoms with Crippen molar-refractivity contribution in [1.29, 1.82) is 0 Å². The van der Waals surface area contributed by atoms with Crippen molar-refractivity contribution >= 4 is 11.6 Å². The summed E-state index contributed by atoms with van der Waals surface area (Å²) >= 11 is 5.96. The zero-order valence-electron chi connectivity index (χ0n) is 11.8. The van der Waals surface area contributed by atoms with Gasteiger partial charge in [0.1, 0.15) is 5.75 Å². The van der Waals surface area contributed by atoms with Crippen molar-refractivity contribution in [3.63, 3.8) is 0 Å². The molecule has 21 heavy (non-hydrogen) atoms. The van der Waals surface area contributed by atoms with E-state index in [1.165, 1.54) is 5.56 Å². The molecule has 1 saturated heterocycles. The topological polar surface area (TPSA) is 32.7 Å². The molecule has 1 N–H and O–H groups in total. The fraction of sp³-hybridized carbons (Fsp3) is 0.294. The number of phenolic OH excluding ortho intramolecular Hbond substituents is 1. The number of hydrogen-bond acceptors (Lipinski definition) is 3. The van der Waals surface area contributed by atoms with Crippen LogP contribution in [0.1, 0.15) is 5.56 Å². The fourth-order valence-electron chi connectivity index (χ4n) is 2.51. The first-order chi connectivity index (χ1) is 10.2. The van der Waals surface area contributed by atoms with Crippen LogP contribution in [-0.2, 0) is 11.3 Å². The highest BCUT2D eigenvalue weighted by Gasteiger charge is 2.10. The van der Waals surface area contributed by atoms with Crippen molar-refractivity contribution in [2.24, 2.45) is 0 Å². The van der Waals surface area contributed by atoms with Crippen LogP contribution in [-0.4, -0.2) is 36.3 Å². The number of hydrogen-bond donors (Lipinski definition) is 1. The molecule has 0 unspecified atom stereocenters. The van der Waals surface area contributed by atoms with Crippen LogP contribution in [0.3, 0.4) is 0 Å². The van der Waals surface area contributed by atoms with Crippen LogP contribution in [0.15, 0.2) is 42.5 Å². The van der Waals surface area contributed by atoms with Gasteiger partial charge >= 0.3 is 0 Å². The molecule has 2 aromatic carbocycles. The second kappa shape index (κ2) is 6.48. The van der Waals surface area contributed by atoms with Gasteiger partial charge in [0, 0.05) is 19.6 Å². The minimum absolute atomic E-state index is 0.115. The summed E-state index contributed by atoms with van der Waals surface area (Å²) in [6.07, 6.45) is 0. The predicted octanol–water partition coefficient (Wildman–Crippen LogP) is 3.54. The molecule has 0 spiro atoms. The van der Waals surface area contributed by atoms with Crippen molar-refractivity contribution in [2.45, 2.75) is 6.54 Å². The minimum atomic E-state index is 0.115. The SMILES string of the molecule is Oc1ccc(-c2ccc(CN3CCOCC3)cc2)cc1Cl. The van der Waals surface area contributed by atoms with E-state index in [1.54, 1.807) is 12.1 Å². The second-order valence-corrected chi connectivity index (χ2v) is 5.66. The third-order valence-corrected chi connectivity index (χ3v) is 4.05. The third kappa shape index (κ3) is 3.56. The van der Waals surface area contributed by atoms with Crippen LogP contribution in [0.2, 0.25) is 5.02 Å². The number of aromatic hydroxyl groups is 1. The number of morpholine rings is 1. The van der Waals surface area contributed by atoms with Crippen molar-refractivity contribution < 1.29 is 9.84 Å². The molecule has 4 heteroatoms. The molecule has 1 aliphatic rings. The first-order valence-corrected chi connectivity index (χ1v) is 7.48. The molecule has 0 amide bonds. The summed E-state index contributed by atoms with van der Waals surface area (Å²) in [6.45, 7) is 4.60. The van der Waals surface area contributed by atoms with E-state index in [0.717, 1.165) is 44.0 Å². The Bertz CT molecular complexity index is 607. The quantitative estimate of drug-likeness (QED) is 0.941. The lowest BCUT2D eigenvalue weighted by Gasteiger charge is -2.26. The molecule has 3 rings (SSSR count). The normalized spacial score (nSPS) is 16.0. The Hall–Kier alpha value is -1.55. The Kier molecular flexibility index (Phi) is 4.44. The number of rotatable bonds is 3. The number of phenols is 1. The van der Waals surface area contributed by atoms with Gasteiger partial charge in [-0.25, -0.2) is 0 Å². The molecule has 0 aliphatic carbocycles. The Labute approximate surface area is 129 Å². The maximum Gasteiger partial charge on any atom is 0.134 e. The third-order valence-electron chi connectivity index (χ3n) is 3.74. The van der Waals surface area contributed by atoms with Gasteiger partial charge in [0.25, 0.3) is 0 Å². The van der Waals surface area contributed by atoms with Gasteiger partial charge in [0.2, 0.25) is 0 Å². The molecule has 1 fully saturated rings. The monoisotopic (exact) mass is 303 g/mol. The largest absolute Gasteiger partial charge is 0.506 e. The first-order valence-electron chi connectivity index (χ1n) is 7.10. The maximum atomic E-state index is 9.47. The summed E-state index contributed by atoms with van der Waals surface area (Å²) in [4.78, 5) is 2.40. The Morgan fingerprint density at radius 2 is 1.67 bits per heavy atom. The van der Waals surface area contributed by atoms with Gasteiger partial charge in [-0.1, -0.05) is 41.9 Å². The summed E-state index contributed by atoms with van der Waals surface area (Å²) in [5, 5.41) is 9.85. The summed E-state index contributed by atoms with van der Waals surface area (Å²) in [5.74, 6) is 0.115. The lowest BCUT2D eigenvalue weighted by molar-refractivity contribution is 0.0342. The average Bonchev–Trinajstić information content (AvgIpc) is 2.52. The molecule has 0 saturated carbocycles. The molecule has 1 aliphatic heterocycles. The Morgan fingerprint density at radius 3 is 2.33 bits per heavy atom. The van der Waals surface area contributed by atoms with Crippen molar-refractivity contribution in [2.75, 3.05) is 26.3 Å². The van der Waals surface area contributed by atoms with Crippen LogP contribution >= 0.6 is 11.6 Å². The fourth-order valence-corrected chi connectivity index (χ4v) is 2.69. The van der Waals surface area contributed by atoms with E-state index in [1.807, 2.05) is 6.07 Å². The van der Waals surface area contributed by atoms with E-state index in [4.69, 9.17) is 16.3 Å². The molecule has 2 aromatic rings. The summed E-state index contributed by atoms with van der Waals surface area (Å²) in [6, 6.07) is 13.8. The number of ether oxygens (including phenoxy) is 1. The number of halogens is 1. The predicted molar refractivity (Wildman–Crippen MR) is 84.6 cm³/mol. The Morgan fingerprint density at radius 1 is 1.00 bits per heavy atom. The summed E-state index contributed by atoms with van der Waals surface area (Å²) in [7, 11) is 0. The van der Waals surface area contributed by atoms with Crippen LogP contribution < -0.4 is 0 Å². The minimum Gasteiger partial charge on any atom is -0.506 e. The van der Waals surface area contributed by atoms with Gasteiger partial charge in [0.15, 0.2) is 0 Å². The molecule has 0 bridgehead atoms. The van der Waals surface area contributed by atoms with Gasteiger partial charge in [-0.15, -0.1) is 0 Å². The standard InChI is InChI=1S/C17H18ClNO2/c18-16-11-15(5-6-17(16)20)14-3-1-13(2-4-14)12-19-7-9-21-10-8-19/h1-6,11,20H,7-10,12H2. The van der Waals surface area contributed by atoms with Crippen LogP contribution in [0.4, 0.5) is 0 Å². The molecule has 110 valence electrons. The smallest absolute Gasteiger partial charge is 0.134 e. The van der Waals surface area contributed by atoms with Crippen molar-refractivity contribution in [3.05, 3.63) is 53.1 Å². The highest BCUT2D eigenvalue weighted by atomic mass is 35.5. The van der Waals surface area contributed by atoms with Crippen LogP contribution in [0.5, 0.6) is 5.75 Å². The lowest BCUT2D eigenvalue weighted by atomic mass is 10.0. The van der Waals surface area contributed by atoms with Gasteiger partial charge in [0.05, 0.1) is 18.2 Å². The molecule has 1 heterocycles. The zero-order valence-corrected chi connectivity index (χ0v) is 12.5. The van der Waals surface area contributed by atoms with Gasteiger partial charge in [-0.2, -0.15) is 0 Å². The van der Waals surface area contributed by atoms with Crippen LogP contribution in [0.25, 0.3) is 11.1 Å². The van der Waals surface area contributed by atoms with E-state index in [9.17, 15) is 5.11 Å². The van der Waals surface area contributed by atoms with Gasteiger partial charge < -0.3 is 9.84 Å². The van der Waals surface area contributed by atoms with E-state index < -0.39 is 0 Å². The molecular formula is C17H18ClNO2. The highest BCUT2D eigenvalue weighted by Crippen LogP contribution is 2.29.